The zero-order valence-electron chi connectivity index (χ0n) is 22.3. The Morgan fingerprint density at radius 2 is 1.67 bits per heavy atom. The SMILES string of the molecule is CCC(=C(c1ccc(OCCN(CC=CC(=O)N(C)C)C(=O)O)cc1)c1ccc(O)cc1Cl)c1ccccc1. The summed E-state index contributed by atoms with van der Waals surface area (Å²) < 4.78 is 5.82. The number of phenolic OH excluding ortho intramolecular Hbond substituents is 1. The molecule has 0 saturated heterocycles. The molecule has 0 aliphatic carbocycles. The lowest BCUT2D eigenvalue weighted by atomic mass is 9.88. The molecular formula is C31H33ClN2O5. The molecule has 0 bridgehead atoms. The molecular weight excluding hydrogens is 516 g/mol. The van der Waals surface area contributed by atoms with Crippen LogP contribution in [0.25, 0.3) is 11.1 Å². The summed E-state index contributed by atoms with van der Waals surface area (Å²) in [5.41, 5.74) is 4.88. The van der Waals surface area contributed by atoms with E-state index in [4.69, 9.17) is 16.3 Å². The standard InChI is InChI=1S/C31H33ClN2O5/c1-4-26(22-9-6-5-7-10-22)30(27-17-14-24(35)21-28(27)32)23-12-15-25(16-13-23)39-20-19-34(31(37)38)18-8-11-29(36)33(2)3/h5-17,21,35H,4,18-20H2,1-3H3,(H,37,38). The smallest absolute Gasteiger partial charge is 0.407 e. The van der Waals surface area contributed by atoms with Gasteiger partial charge in [-0.2, -0.15) is 0 Å². The summed E-state index contributed by atoms with van der Waals surface area (Å²) in [7, 11) is 3.26. The first kappa shape index (κ1) is 29.3. The number of carboxylic acid groups (broad SMARTS) is 1. The van der Waals surface area contributed by atoms with Gasteiger partial charge in [0.2, 0.25) is 5.91 Å². The van der Waals surface area contributed by atoms with Gasteiger partial charge in [0.05, 0.1) is 11.6 Å². The van der Waals surface area contributed by atoms with Gasteiger partial charge in [-0.1, -0.05) is 67.1 Å². The second kappa shape index (κ2) is 14.1. The van der Waals surface area contributed by atoms with Crippen molar-refractivity contribution >= 4 is 34.7 Å². The van der Waals surface area contributed by atoms with Crippen LogP contribution in [-0.2, 0) is 4.79 Å². The highest BCUT2D eigenvalue weighted by molar-refractivity contribution is 6.33. The molecule has 0 aliphatic heterocycles. The van der Waals surface area contributed by atoms with E-state index < -0.39 is 6.09 Å². The van der Waals surface area contributed by atoms with Gasteiger partial charge in [0.15, 0.2) is 0 Å². The number of halogens is 1. The zero-order valence-corrected chi connectivity index (χ0v) is 23.1. The fourth-order valence-corrected chi connectivity index (χ4v) is 4.32. The maximum absolute atomic E-state index is 11.7. The number of phenols is 1. The van der Waals surface area contributed by atoms with Gasteiger partial charge < -0.3 is 24.7 Å². The van der Waals surface area contributed by atoms with Crippen LogP contribution in [0.1, 0.15) is 30.0 Å². The predicted molar refractivity (Wildman–Crippen MR) is 155 cm³/mol. The second-order valence-corrected chi connectivity index (χ2v) is 9.38. The number of ether oxygens (including phenoxy) is 1. The summed E-state index contributed by atoms with van der Waals surface area (Å²) in [5.74, 6) is 0.480. The maximum Gasteiger partial charge on any atom is 0.407 e. The number of allylic oxidation sites excluding steroid dienone is 1. The second-order valence-electron chi connectivity index (χ2n) is 8.97. The number of carbonyl (C=O) groups excluding carboxylic acids is 1. The minimum absolute atomic E-state index is 0.0814. The lowest BCUT2D eigenvalue weighted by molar-refractivity contribution is -0.123. The van der Waals surface area contributed by atoms with E-state index in [1.165, 1.54) is 28.0 Å². The molecule has 3 rings (SSSR count). The number of amides is 2. The Labute approximate surface area is 234 Å². The number of likely N-dealkylation sites (N-methyl/N-ethyl adjacent to an activating group) is 1. The van der Waals surface area contributed by atoms with Crippen molar-refractivity contribution in [3.63, 3.8) is 0 Å². The molecule has 8 heteroatoms. The minimum Gasteiger partial charge on any atom is -0.508 e. The molecule has 3 aromatic rings. The lowest BCUT2D eigenvalue weighted by Crippen LogP contribution is -2.33. The molecule has 0 fully saturated rings. The Bertz CT molecular complexity index is 1330. The minimum atomic E-state index is -1.09. The molecule has 0 heterocycles. The number of carbonyl (C=O) groups is 2. The van der Waals surface area contributed by atoms with Gasteiger partial charge in [0.1, 0.15) is 18.1 Å². The Balaban J connectivity index is 1.81. The Morgan fingerprint density at radius 1 is 0.974 bits per heavy atom. The van der Waals surface area contributed by atoms with Crippen molar-refractivity contribution < 1.29 is 24.5 Å². The number of rotatable bonds is 11. The molecule has 0 saturated carbocycles. The molecule has 2 amide bonds. The Morgan fingerprint density at radius 3 is 2.26 bits per heavy atom. The first-order valence-corrected chi connectivity index (χ1v) is 13.0. The van der Waals surface area contributed by atoms with Gasteiger partial charge in [-0.25, -0.2) is 4.79 Å². The number of nitrogens with zero attached hydrogens (tertiary/aromatic N) is 2. The van der Waals surface area contributed by atoms with E-state index in [0.29, 0.717) is 10.8 Å². The number of hydrogen-bond donors (Lipinski definition) is 2. The molecule has 7 nitrogen and oxygen atoms in total. The predicted octanol–water partition coefficient (Wildman–Crippen LogP) is 6.42. The van der Waals surface area contributed by atoms with Crippen molar-refractivity contribution in [2.24, 2.45) is 0 Å². The van der Waals surface area contributed by atoms with Gasteiger partial charge in [-0.05, 0) is 59.0 Å². The van der Waals surface area contributed by atoms with E-state index >= 15 is 0 Å². The lowest BCUT2D eigenvalue weighted by Gasteiger charge is -2.19. The van der Waals surface area contributed by atoms with Gasteiger partial charge in [0, 0.05) is 32.3 Å². The first-order valence-electron chi connectivity index (χ1n) is 12.6. The van der Waals surface area contributed by atoms with E-state index in [1.807, 2.05) is 48.5 Å². The highest BCUT2D eigenvalue weighted by Gasteiger charge is 2.16. The Hall–Kier alpha value is -4.23. The summed E-state index contributed by atoms with van der Waals surface area (Å²) >= 11 is 6.59. The van der Waals surface area contributed by atoms with Gasteiger partial charge in [0.25, 0.3) is 0 Å². The van der Waals surface area contributed by atoms with E-state index in [-0.39, 0.29) is 31.4 Å². The summed E-state index contributed by atoms with van der Waals surface area (Å²) in [6.45, 7) is 2.46. The van der Waals surface area contributed by atoms with Crippen molar-refractivity contribution in [2.45, 2.75) is 13.3 Å². The molecule has 0 radical (unpaired) electrons. The van der Waals surface area contributed by atoms with Crippen LogP contribution in [0.5, 0.6) is 11.5 Å². The third kappa shape index (κ3) is 8.12. The van der Waals surface area contributed by atoms with E-state index in [1.54, 1.807) is 20.2 Å². The number of aromatic hydroxyl groups is 1. The summed E-state index contributed by atoms with van der Waals surface area (Å²) in [6.07, 6.45) is 2.53. The van der Waals surface area contributed by atoms with Crippen LogP contribution >= 0.6 is 11.6 Å². The van der Waals surface area contributed by atoms with Crippen LogP contribution < -0.4 is 4.74 Å². The molecule has 0 aromatic heterocycles. The molecule has 39 heavy (non-hydrogen) atoms. The monoisotopic (exact) mass is 548 g/mol. The molecule has 0 aliphatic rings. The highest BCUT2D eigenvalue weighted by Crippen LogP contribution is 2.39. The number of benzene rings is 3. The van der Waals surface area contributed by atoms with E-state index in [0.717, 1.165) is 34.3 Å². The summed E-state index contributed by atoms with van der Waals surface area (Å²) in [6, 6.07) is 22.6. The van der Waals surface area contributed by atoms with E-state index in [9.17, 15) is 19.8 Å². The molecule has 0 atom stereocenters. The fourth-order valence-electron chi connectivity index (χ4n) is 4.05. The third-order valence-corrected chi connectivity index (χ3v) is 6.38. The van der Waals surface area contributed by atoms with Crippen molar-refractivity contribution in [1.29, 1.82) is 0 Å². The van der Waals surface area contributed by atoms with Crippen LogP contribution in [0.2, 0.25) is 5.02 Å². The summed E-state index contributed by atoms with van der Waals surface area (Å²) in [4.78, 5) is 25.8. The van der Waals surface area contributed by atoms with Crippen LogP contribution in [0.4, 0.5) is 4.79 Å². The fraction of sp³-hybridized carbons (Fsp3) is 0.226. The molecule has 3 aromatic carbocycles. The molecule has 2 N–H and O–H groups in total. The summed E-state index contributed by atoms with van der Waals surface area (Å²) in [5, 5.41) is 19.8. The Kier molecular flexibility index (Phi) is 10.6. The number of hydrogen-bond acceptors (Lipinski definition) is 4. The van der Waals surface area contributed by atoms with Gasteiger partial charge >= 0.3 is 6.09 Å². The van der Waals surface area contributed by atoms with Crippen LogP contribution in [0.3, 0.4) is 0 Å². The third-order valence-electron chi connectivity index (χ3n) is 6.07. The maximum atomic E-state index is 11.7. The quantitative estimate of drug-likeness (QED) is 0.213. The van der Waals surface area contributed by atoms with Crippen LogP contribution in [0.15, 0.2) is 84.9 Å². The highest BCUT2D eigenvalue weighted by atomic mass is 35.5. The molecule has 0 unspecified atom stereocenters. The molecule has 204 valence electrons. The van der Waals surface area contributed by atoms with Crippen LogP contribution in [0, 0.1) is 0 Å². The zero-order chi connectivity index (χ0) is 28.4. The van der Waals surface area contributed by atoms with Crippen molar-refractivity contribution in [3.05, 3.63) is 107 Å². The topological polar surface area (TPSA) is 90.3 Å². The molecule has 0 spiro atoms. The van der Waals surface area contributed by atoms with Crippen LogP contribution in [-0.4, -0.2) is 65.8 Å². The average molecular weight is 549 g/mol. The average Bonchev–Trinajstić information content (AvgIpc) is 2.92. The largest absolute Gasteiger partial charge is 0.508 e. The normalized spacial score (nSPS) is 11.7. The van der Waals surface area contributed by atoms with Gasteiger partial charge in [-0.15, -0.1) is 0 Å². The van der Waals surface area contributed by atoms with Gasteiger partial charge in [-0.3, -0.25) is 4.79 Å². The van der Waals surface area contributed by atoms with Crippen molar-refractivity contribution in [2.75, 3.05) is 33.8 Å². The van der Waals surface area contributed by atoms with E-state index in [2.05, 4.69) is 19.1 Å². The first-order chi connectivity index (χ1) is 18.7. The van der Waals surface area contributed by atoms with Crippen molar-refractivity contribution in [3.8, 4) is 11.5 Å². The van der Waals surface area contributed by atoms with Crippen molar-refractivity contribution in [1.82, 2.24) is 9.80 Å².